The molecule has 0 bridgehead atoms. The number of hydrogen-bond acceptors (Lipinski definition) is 4. The largest absolute Gasteiger partial charge is 0.348 e. The molecule has 0 aliphatic heterocycles. The number of aromatic nitrogens is 3. The molecule has 1 aliphatic rings. The maximum Gasteiger partial charge on any atom is 0.233 e. The van der Waals surface area contributed by atoms with Crippen molar-refractivity contribution in [3.8, 4) is 11.4 Å². The molecule has 0 saturated carbocycles. The molecule has 4 rings (SSSR count). The molecule has 1 aromatic heterocycles. The lowest BCUT2D eigenvalue weighted by Crippen LogP contribution is -2.35. The number of H-pyrrole nitrogens is 1. The van der Waals surface area contributed by atoms with E-state index in [2.05, 4.69) is 57.8 Å². The van der Waals surface area contributed by atoms with E-state index in [1.807, 2.05) is 25.1 Å². The van der Waals surface area contributed by atoms with E-state index in [4.69, 9.17) is 0 Å². The van der Waals surface area contributed by atoms with Crippen LogP contribution in [-0.4, -0.2) is 26.3 Å². The summed E-state index contributed by atoms with van der Waals surface area (Å²) in [6, 6.07) is 16.8. The van der Waals surface area contributed by atoms with Crippen LogP contribution >= 0.6 is 11.8 Å². The molecule has 29 heavy (non-hydrogen) atoms. The number of amides is 1. The number of carbonyl (C=O) groups excluding carboxylic acids is 1. The summed E-state index contributed by atoms with van der Waals surface area (Å²) in [5, 5.41) is 10.8. The number of thioether (sulfide) groups is 1. The number of aromatic amines is 1. The molecule has 2 aromatic carbocycles. The number of nitrogens with one attached hydrogen (secondary N) is 2. The molecule has 3 aromatic rings. The summed E-state index contributed by atoms with van der Waals surface area (Å²) in [6.07, 6.45) is 4.19. The minimum Gasteiger partial charge on any atom is -0.348 e. The van der Waals surface area contributed by atoms with Crippen LogP contribution in [0.15, 0.2) is 53.7 Å². The number of fused-ring (bicyclic) bond motifs is 1. The topological polar surface area (TPSA) is 70.7 Å². The van der Waals surface area contributed by atoms with E-state index in [0.717, 1.165) is 37.1 Å². The quantitative estimate of drug-likeness (QED) is 0.582. The van der Waals surface area contributed by atoms with Gasteiger partial charge in [-0.25, -0.2) is 4.98 Å². The number of nitrogens with zero attached hydrogens (tertiary/aromatic N) is 2. The number of hydrogen-bond donors (Lipinski definition) is 2. The molecule has 1 heterocycles. The predicted molar refractivity (Wildman–Crippen MR) is 117 cm³/mol. The van der Waals surface area contributed by atoms with Crippen LogP contribution < -0.4 is 5.32 Å². The van der Waals surface area contributed by atoms with Crippen LogP contribution in [0.2, 0.25) is 0 Å². The van der Waals surface area contributed by atoms with Crippen LogP contribution in [0.5, 0.6) is 0 Å². The second-order valence-corrected chi connectivity index (χ2v) is 8.74. The molecule has 2 N–H and O–H groups in total. The molecule has 0 saturated heterocycles. The monoisotopic (exact) mass is 406 g/mol. The molecule has 2 atom stereocenters. The molecule has 0 spiro atoms. The Labute approximate surface area is 175 Å². The minimum atomic E-state index is -0.268. The number of rotatable bonds is 6. The minimum absolute atomic E-state index is 0.0235. The summed E-state index contributed by atoms with van der Waals surface area (Å²) >= 11 is 1.38. The average molecular weight is 407 g/mol. The van der Waals surface area contributed by atoms with Crippen molar-refractivity contribution in [2.45, 2.75) is 56.0 Å². The van der Waals surface area contributed by atoms with E-state index in [9.17, 15) is 4.79 Å². The molecule has 150 valence electrons. The van der Waals surface area contributed by atoms with Crippen molar-refractivity contribution >= 4 is 17.7 Å². The lowest BCUT2D eigenvalue weighted by atomic mass is 9.88. The third-order valence-corrected chi connectivity index (χ3v) is 6.40. The second kappa shape index (κ2) is 8.82. The Morgan fingerprint density at radius 1 is 1.24 bits per heavy atom. The molecule has 1 aliphatic carbocycles. The number of aryl methyl sites for hydroxylation is 2. The van der Waals surface area contributed by atoms with Crippen LogP contribution in [0.25, 0.3) is 11.4 Å². The fourth-order valence-corrected chi connectivity index (χ4v) is 4.46. The van der Waals surface area contributed by atoms with Crippen molar-refractivity contribution in [2.75, 3.05) is 0 Å². The zero-order chi connectivity index (χ0) is 20.2. The van der Waals surface area contributed by atoms with Crippen molar-refractivity contribution in [1.82, 2.24) is 20.5 Å². The lowest BCUT2D eigenvalue weighted by molar-refractivity contribution is -0.121. The van der Waals surface area contributed by atoms with Gasteiger partial charge in [0, 0.05) is 5.56 Å². The number of benzene rings is 2. The molecule has 0 unspecified atom stereocenters. The highest BCUT2D eigenvalue weighted by Gasteiger charge is 2.24. The maximum atomic E-state index is 12.8. The molecule has 1 amide bonds. The molecular weight excluding hydrogens is 380 g/mol. The van der Waals surface area contributed by atoms with Gasteiger partial charge in [-0.15, -0.1) is 5.10 Å². The highest BCUT2D eigenvalue weighted by molar-refractivity contribution is 8.00. The van der Waals surface area contributed by atoms with Gasteiger partial charge < -0.3 is 5.32 Å². The summed E-state index contributed by atoms with van der Waals surface area (Å²) in [7, 11) is 0. The van der Waals surface area contributed by atoms with Crippen molar-refractivity contribution < 1.29 is 4.79 Å². The molecule has 5 nitrogen and oxygen atoms in total. The number of carbonyl (C=O) groups is 1. The van der Waals surface area contributed by atoms with Gasteiger partial charge in [-0.2, -0.15) is 0 Å². The van der Waals surface area contributed by atoms with Gasteiger partial charge in [0.15, 0.2) is 5.82 Å². The van der Waals surface area contributed by atoms with Gasteiger partial charge in [-0.1, -0.05) is 67.2 Å². The lowest BCUT2D eigenvalue weighted by Gasteiger charge is -2.27. The third kappa shape index (κ3) is 4.53. The van der Waals surface area contributed by atoms with E-state index in [0.29, 0.717) is 5.16 Å². The van der Waals surface area contributed by atoms with Gasteiger partial charge in [0.1, 0.15) is 0 Å². The molecule has 6 heteroatoms. The molecular formula is C23H26N4OS. The van der Waals surface area contributed by atoms with E-state index in [1.165, 1.54) is 28.5 Å². The van der Waals surface area contributed by atoms with Gasteiger partial charge in [0.2, 0.25) is 11.1 Å². The van der Waals surface area contributed by atoms with Gasteiger partial charge in [-0.3, -0.25) is 9.89 Å². The Hall–Kier alpha value is -2.60. The first-order valence-corrected chi connectivity index (χ1v) is 11.1. The van der Waals surface area contributed by atoms with E-state index >= 15 is 0 Å². The summed E-state index contributed by atoms with van der Waals surface area (Å²) in [5.74, 6) is 0.749. The van der Waals surface area contributed by atoms with Gasteiger partial charge in [0.25, 0.3) is 0 Å². The standard InChI is InChI=1S/C23H26N4OS/c1-3-16-11-13-18(14-12-16)21-25-23(27-26-21)29-15(2)22(28)24-20-10-6-8-17-7-4-5-9-19(17)20/h4-5,7,9,11-15,20H,3,6,8,10H2,1-2H3,(H,24,28)(H,25,26,27)/t15-,20+/m1/s1. The van der Waals surface area contributed by atoms with E-state index in [-0.39, 0.29) is 17.2 Å². The van der Waals surface area contributed by atoms with Crippen molar-refractivity contribution in [3.05, 3.63) is 65.2 Å². The zero-order valence-electron chi connectivity index (χ0n) is 16.8. The van der Waals surface area contributed by atoms with Gasteiger partial charge in [-0.05, 0) is 49.3 Å². The Balaban J connectivity index is 1.39. The Kier molecular flexibility index (Phi) is 6.00. The van der Waals surface area contributed by atoms with E-state index < -0.39 is 0 Å². The smallest absolute Gasteiger partial charge is 0.233 e. The summed E-state index contributed by atoms with van der Waals surface area (Å²) in [4.78, 5) is 17.3. The van der Waals surface area contributed by atoms with Crippen molar-refractivity contribution in [1.29, 1.82) is 0 Å². The van der Waals surface area contributed by atoms with Crippen LogP contribution in [0.1, 0.15) is 49.4 Å². The Morgan fingerprint density at radius 3 is 2.83 bits per heavy atom. The first-order chi connectivity index (χ1) is 14.1. The third-order valence-electron chi connectivity index (χ3n) is 5.44. The fraction of sp³-hybridized carbons (Fsp3) is 0.348. The summed E-state index contributed by atoms with van der Waals surface area (Å²) < 4.78 is 0. The highest BCUT2D eigenvalue weighted by atomic mass is 32.2. The van der Waals surface area contributed by atoms with Crippen LogP contribution in [0.4, 0.5) is 0 Å². The van der Waals surface area contributed by atoms with Crippen LogP contribution in [-0.2, 0) is 17.6 Å². The first kappa shape index (κ1) is 19.7. The average Bonchev–Trinajstić information content (AvgIpc) is 3.22. The van der Waals surface area contributed by atoms with E-state index in [1.54, 1.807) is 0 Å². The zero-order valence-corrected chi connectivity index (χ0v) is 17.6. The van der Waals surface area contributed by atoms with Gasteiger partial charge in [0.05, 0.1) is 11.3 Å². The normalized spacial score (nSPS) is 16.8. The SMILES string of the molecule is CCc1ccc(-c2nc(S[C@H](C)C(=O)N[C@H]3CCCc4ccccc43)n[nH]2)cc1. The summed E-state index contributed by atoms with van der Waals surface area (Å²) in [6.45, 7) is 4.04. The second-order valence-electron chi connectivity index (χ2n) is 7.43. The van der Waals surface area contributed by atoms with Crippen LogP contribution in [0, 0.1) is 0 Å². The summed E-state index contributed by atoms with van der Waals surface area (Å²) in [5.41, 5.74) is 4.88. The maximum absolute atomic E-state index is 12.8. The molecule has 0 fully saturated rings. The Bertz CT molecular complexity index is 983. The first-order valence-electron chi connectivity index (χ1n) is 10.2. The predicted octanol–water partition coefficient (Wildman–Crippen LogP) is 4.71. The molecule has 0 radical (unpaired) electrons. The Morgan fingerprint density at radius 2 is 2.03 bits per heavy atom. The fourth-order valence-electron chi connectivity index (χ4n) is 3.73. The van der Waals surface area contributed by atoms with Crippen LogP contribution in [0.3, 0.4) is 0 Å². The van der Waals surface area contributed by atoms with Crippen molar-refractivity contribution in [2.24, 2.45) is 0 Å². The van der Waals surface area contributed by atoms with Gasteiger partial charge >= 0.3 is 0 Å². The highest BCUT2D eigenvalue weighted by Crippen LogP contribution is 2.30. The van der Waals surface area contributed by atoms with Crippen molar-refractivity contribution in [3.63, 3.8) is 0 Å².